The van der Waals surface area contributed by atoms with Crippen LogP contribution in [-0.4, -0.2) is 126 Å². The third-order valence-electron chi connectivity index (χ3n) is 6.58. The predicted octanol–water partition coefficient (Wildman–Crippen LogP) is -1.58. The molecular formula is C25H43B2N3O10. The summed E-state index contributed by atoms with van der Waals surface area (Å²) in [5.41, 5.74) is 0. The number of hydrogen-bond acceptors (Lipinski definition) is 10. The smallest absolute Gasteiger partial charge is 0.306 e. The van der Waals surface area contributed by atoms with Crippen molar-refractivity contribution in [1.29, 1.82) is 0 Å². The quantitative estimate of drug-likeness (QED) is 0.159. The highest BCUT2D eigenvalue weighted by molar-refractivity contribution is 6.12. The van der Waals surface area contributed by atoms with Crippen molar-refractivity contribution in [1.82, 2.24) is 16.0 Å². The number of likely N-dealkylation sites (N-methyl/N-ethyl adjacent to an activating group) is 2. The number of nitrogens with one attached hydrogen (secondary N) is 3. The average molecular weight is 567 g/mol. The molecule has 2 aliphatic rings. The van der Waals surface area contributed by atoms with Gasteiger partial charge in [-0.2, -0.15) is 0 Å². The second-order valence-electron chi connectivity index (χ2n) is 9.43. The molecule has 0 aromatic rings. The van der Waals surface area contributed by atoms with E-state index in [0.29, 0.717) is 12.8 Å². The molecule has 2 heterocycles. The topological polar surface area (TPSA) is 171 Å². The largest absolute Gasteiger partial charge is 0.457 e. The Bertz CT molecular complexity index is 839. The van der Waals surface area contributed by atoms with Crippen LogP contribution in [0.1, 0.15) is 53.4 Å². The van der Waals surface area contributed by atoms with Crippen LogP contribution in [0.4, 0.5) is 0 Å². The summed E-state index contributed by atoms with van der Waals surface area (Å²) in [6.07, 6.45) is -3.90. The Morgan fingerprint density at radius 3 is 1.70 bits per heavy atom. The first-order chi connectivity index (χ1) is 18.8. The van der Waals surface area contributed by atoms with E-state index in [9.17, 15) is 24.3 Å². The highest BCUT2D eigenvalue weighted by Gasteiger charge is 2.46. The van der Waals surface area contributed by atoms with Gasteiger partial charge in [-0.25, -0.2) is 0 Å². The molecule has 0 aromatic heterocycles. The van der Waals surface area contributed by atoms with E-state index in [4.69, 9.17) is 39.4 Å². The normalized spacial score (nSPS) is 30.8. The third kappa shape index (κ3) is 10.3. The maximum absolute atomic E-state index is 12.0. The number of amides is 3. The second-order valence-corrected chi connectivity index (χ2v) is 9.43. The van der Waals surface area contributed by atoms with Gasteiger partial charge in [-0.1, -0.05) is 13.8 Å². The van der Waals surface area contributed by atoms with Crippen molar-refractivity contribution in [2.24, 2.45) is 0 Å². The monoisotopic (exact) mass is 567 g/mol. The van der Waals surface area contributed by atoms with Gasteiger partial charge in [-0.05, 0) is 26.7 Å². The highest BCUT2D eigenvalue weighted by atomic mass is 16.6. The molecule has 0 aromatic carbocycles. The fourth-order valence-corrected chi connectivity index (χ4v) is 4.20. The van der Waals surface area contributed by atoms with Gasteiger partial charge in [0.1, 0.15) is 46.2 Å². The molecule has 10 atom stereocenters. The molecule has 2 fully saturated rings. The van der Waals surface area contributed by atoms with Crippen LogP contribution in [0.15, 0.2) is 0 Å². The molecule has 0 aliphatic carbocycles. The number of esters is 1. The molecule has 2 rings (SSSR count). The Morgan fingerprint density at radius 2 is 1.25 bits per heavy atom. The zero-order valence-corrected chi connectivity index (χ0v) is 24.4. The number of rotatable bonds is 12. The van der Waals surface area contributed by atoms with E-state index in [0.717, 1.165) is 0 Å². The molecule has 0 spiro atoms. The number of carbonyl (C=O) groups excluding carboxylic acids is 4. The van der Waals surface area contributed by atoms with Gasteiger partial charge in [0.2, 0.25) is 17.7 Å². The fraction of sp³-hybridized carbons (Fsp3) is 0.840. The summed E-state index contributed by atoms with van der Waals surface area (Å²) in [4.78, 5) is 46.1. The number of hydrogen-bond donors (Lipinski definition) is 4. The number of aliphatic hydroxyl groups is 1. The summed E-state index contributed by atoms with van der Waals surface area (Å²) in [5, 5.41) is 17.2. The van der Waals surface area contributed by atoms with Gasteiger partial charge in [0.25, 0.3) is 0 Å². The molecule has 4 radical (unpaired) electrons. The van der Waals surface area contributed by atoms with E-state index in [-0.39, 0.29) is 36.7 Å². The Balaban J connectivity index is 0.000000433. The first kappa shape index (κ1) is 35.8. The number of carbonyl (C=O) groups is 4. The minimum Gasteiger partial charge on any atom is -0.457 e. The third-order valence-corrected chi connectivity index (χ3v) is 6.58. The number of ether oxygens (including phenoxy) is 5. The summed E-state index contributed by atoms with van der Waals surface area (Å²) in [7, 11) is 16.1. The van der Waals surface area contributed by atoms with Crippen molar-refractivity contribution in [2.45, 2.75) is 114 Å². The maximum Gasteiger partial charge on any atom is 0.306 e. The molecule has 15 heteroatoms. The van der Waals surface area contributed by atoms with Crippen molar-refractivity contribution in [3.63, 3.8) is 0 Å². The first-order valence-corrected chi connectivity index (χ1v) is 13.5. The lowest BCUT2D eigenvalue weighted by Crippen LogP contribution is -2.44. The zero-order chi connectivity index (χ0) is 30.6. The lowest BCUT2D eigenvalue weighted by atomic mass is 9.92. The predicted molar refractivity (Wildman–Crippen MR) is 145 cm³/mol. The van der Waals surface area contributed by atoms with Crippen molar-refractivity contribution >= 4 is 39.4 Å². The van der Waals surface area contributed by atoms with Crippen LogP contribution in [-0.2, 0) is 42.9 Å². The minimum atomic E-state index is -0.807. The van der Waals surface area contributed by atoms with Crippen LogP contribution in [0, 0.1) is 0 Å². The van der Waals surface area contributed by atoms with Crippen LogP contribution in [0.25, 0.3) is 0 Å². The Hall–Kier alpha value is -2.19. The molecular weight excluding hydrogens is 524 g/mol. The van der Waals surface area contributed by atoms with E-state index >= 15 is 0 Å². The van der Waals surface area contributed by atoms with E-state index in [1.165, 1.54) is 21.1 Å². The summed E-state index contributed by atoms with van der Waals surface area (Å²) in [5.74, 6) is -1.36. The molecule has 0 saturated carbocycles. The zero-order valence-electron chi connectivity index (χ0n) is 24.4. The van der Waals surface area contributed by atoms with Crippen LogP contribution in [0.2, 0.25) is 0 Å². The van der Waals surface area contributed by atoms with Crippen molar-refractivity contribution in [3.8, 4) is 0 Å². The summed E-state index contributed by atoms with van der Waals surface area (Å²) in [6, 6.07) is -1.49. The number of aliphatic hydroxyl groups excluding tert-OH is 1. The van der Waals surface area contributed by atoms with E-state index in [2.05, 4.69) is 16.0 Å². The van der Waals surface area contributed by atoms with Gasteiger partial charge >= 0.3 is 5.97 Å². The van der Waals surface area contributed by atoms with Gasteiger partial charge in [0.15, 0.2) is 6.10 Å². The highest BCUT2D eigenvalue weighted by Crippen LogP contribution is 2.29. The Morgan fingerprint density at radius 1 is 0.775 bits per heavy atom. The maximum atomic E-state index is 12.0. The SMILES string of the molecule is [B][C@@H]1O[C@H](CC)[C@H](O)C1OC(C)C(=O)NC.[B][C@@H]1O[C@H](CC)[C@H](OC(=O)CCC(=O)NC)C1OC(C)C(=O)NC. The van der Waals surface area contributed by atoms with Crippen LogP contribution in [0.5, 0.6) is 0 Å². The second kappa shape index (κ2) is 17.6. The average Bonchev–Trinajstić information content (AvgIpc) is 3.39. The summed E-state index contributed by atoms with van der Waals surface area (Å²) in [6.45, 7) is 6.95. The fourth-order valence-electron chi connectivity index (χ4n) is 4.20. The van der Waals surface area contributed by atoms with Crippen molar-refractivity contribution in [2.75, 3.05) is 21.1 Å². The van der Waals surface area contributed by atoms with Crippen LogP contribution >= 0.6 is 0 Å². The molecule has 4 unspecified atom stereocenters. The molecule has 0 bridgehead atoms. The van der Waals surface area contributed by atoms with E-state index < -0.39 is 60.7 Å². The molecule has 2 aliphatic heterocycles. The molecule has 224 valence electrons. The molecule has 13 nitrogen and oxygen atoms in total. The van der Waals surface area contributed by atoms with Gasteiger partial charge in [-0.15, -0.1) is 0 Å². The lowest BCUT2D eigenvalue weighted by molar-refractivity contribution is -0.161. The van der Waals surface area contributed by atoms with Crippen LogP contribution < -0.4 is 16.0 Å². The van der Waals surface area contributed by atoms with Crippen molar-refractivity contribution in [3.05, 3.63) is 0 Å². The molecule has 40 heavy (non-hydrogen) atoms. The van der Waals surface area contributed by atoms with Gasteiger partial charge < -0.3 is 44.7 Å². The van der Waals surface area contributed by atoms with Gasteiger partial charge in [0, 0.05) is 39.6 Å². The molecule has 2 saturated heterocycles. The molecule has 3 amide bonds. The summed E-state index contributed by atoms with van der Waals surface area (Å²) < 4.78 is 27.4. The lowest BCUT2D eigenvalue weighted by Gasteiger charge is -2.26. The molecule has 4 N–H and O–H groups in total. The summed E-state index contributed by atoms with van der Waals surface area (Å²) >= 11 is 0. The standard InChI is InChI=1S/C15H25BN2O6.C10H18BNO4/c1-5-9-12(24-11(20)7-6-10(19)17-3)13(14(16)23-9)22-8(2)15(21)18-4;1-4-6-7(13)8(9(11)16-6)15-5(2)10(14)12-3/h8-9,12-14H,5-7H2,1-4H3,(H,17,19)(H,18,21);5-9,13H,4H2,1-3H3,(H,12,14)/t8?,9-,12+,13?,14-;5?,6-,7+,8?,9-/m11/s1. The Kier molecular flexibility index (Phi) is 15.8. The van der Waals surface area contributed by atoms with Gasteiger partial charge in [-0.3, -0.25) is 19.2 Å². The van der Waals surface area contributed by atoms with Crippen molar-refractivity contribution < 1.29 is 48.0 Å². The van der Waals surface area contributed by atoms with Gasteiger partial charge in [0.05, 0.1) is 18.6 Å². The first-order valence-electron chi connectivity index (χ1n) is 13.5. The van der Waals surface area contributed by atoms with E-state index in [1.54, 1.807) is 13.8 Å². The Labute approximate surface area is 238 Å². The van der Waals surface area contributed by atoms with Crippen LogP contribution in [0.3, 0.4) is 0 Å². The minimum absolute atomic E-state index is 0.0337. The van der Waals surface area contributed by atoms with E-state index in [1.807, 2.05) is 13.8 Å².